The maximum atomic E-state index is 2.26. The van der Waals surface area contributed by atoms with Crippen LogP contribution in [0.15, 0.2) is 34.3 Å². The van der Waals surface area contributed by atoms with E-state index in [0.717, 1.165) is 0 Å². The van der Waals surface area contributed by atoms with Crippen LogP contribution in [0.3, 0.4) is 0 Å². The van der Waals surface area contributed by atoms with Gasteiger partial charge in [0.15, 0.2) is 0 Å². The molecule has 0 bridgehead atoms. The fourth-order valence-corrected chi connectivity index (χ4v) is 3.83. The van der Waals surface area contributed by atoms with Gasteiger partial charge in [-0.1, -0.05) is 58.4 Å². The monoisotopic (exact) mass is 336 g/mol. The largest absolute Gasteiger partial charge is 0.152 e. The van der Waals surface area contributed by atoms with Crippen LogP contribution in [0.25, 0.3) is 0 Å². The highest BCUT2D eigenvalue weighted by atomic mass is 32.1. The summed E-state index contributed by atoms with van der Waals surface area (Å²) in [5.41, 5.74) is 1.52. The number of thiophene rings is 2. The number of hydrogen-bond donors (Lipinski definition) is 0. The van der Waals surface area contributed by atoms with E-state index < -0.39 is 0 Å². The van der Waals surface area contributed by atoms with Crippen LogP contribution in [0.2, 0.25) is 0 Å². The van der Waals surface area contributed by atoms with E-state index in [1.54, 1.807) is 16.2 Å². The summed E-state index contributed by atoms with van der Waals surface area (Å²) in [6.45, 7) is 4.51. The maximum Gasteiger partial charge on any atom is 0.00452 e. The van der Waals surface area contributed by atoms with Crippen LogP contribution in [0, 0.1) is 0 Å². The van der Waals surface area contributed by atoms with Gasteiger partial charge in [-0.2, -0.15) is 11.3 Å². The molecule has 22 heavy (non-hydrogen) atoms. The summed E-state index contributed by atoms with van der Waals surface area (Å²) >= 11 is 3.68. The molecule has 2 aromatic rings. The Balaban J connectivity index is 0.000000220. The van der Waals surface area contributed by atoms with Crippen LogP contribution < -0.4 is 0 Å². The Morgan fingerprint density at radius 3 is 2.05 bits per heavy atom. The molecule has 0 aliphatic heterocycles. The highest BCUT2D eigenvalue weighted by Gasteiger charge is 1.93. The zero-order valence-corrected chi connectivity index (χ0v) is 16.0. The first-order chi connectivity index (χ1) is 10.9. The number of aryl methyl sites for hydroxylation is 2. The molecule has 2 heterocycles. The predicted octanol–water partition coefficient (Wildman–Crippen LogP) is 7.74. The average Bonchev–Trinajstić information content (AvgIpc) is 3.22. The second kappa shape index (κ2) is 14.0. The molecule has 0 aromatic carbocycles. The Labute approximate surface area is 145 Å². The molecule has 0 radical (unpaired) electrons. The Kier molecular flexibility index (Phi) is 12.4. The minimum Gasteiger partial charge on any atom is -0.152 e. The molecular formula is C20H32S2. The van der Waals surface area contributed by atoms with Crippen molar-refractivity contribution < 1.29 is 0 Å². The Morgan fingerprint density at radius 1 is 0.773 bits per heavy atom. The van der Waals surface area contributed by atoms with Crippen molar-refractivity contribution in [2.45, 2.75) is 78.1 Å². The van der Waals surface area contributed by atoms with E-state index in [1.165, 1.54) is 69.8 Å². The summed E-state index contributed by atoms with van der Waals surface area (Å²) < 4.78 is 0. The summed E-state index contributed by atoms with van der Waals surface area (Å²) in [6.07, 6.45) is 13.6. The zero-order valence-electron chi connectivity index (χ0n) is 14.4. The van der Waals surface area contributed by atoms with Crippen LogP contribution in [-0.4, -0.2) is 0 Å². The van der Waals surface area contributed by atoms with E-state index >= 15 is 0 Å². The van der Waals surface area contributed by atoms with Crippen molar-refractivity contribution in [1.82, 2.24) is 0 Å². The number of rotatable bonds is 10. The number of hydrogen-bond acceptors (Lipinski definition) is 2. The van der Waals surface area contributed by atoms with Gasteiger partial charge < -0.3 is 0 Å². The van der Waals surface area contributed by atoms with Crippen LogP contribution in [0.1, 0.15) is 75.7 Å². The second-order valence-electron chi connectivity index (χ2n) is 5.83. The fraction of sp³-hybridized carbons (Fsp3) is 0.600. The quantitative estimate of drug-likeness (QED) is 0.389. The summed E-state index contributed by atoms with van der Waals surface area (Å²) in [6, 6.07) is 6.60. The van der Waals surface area contributed by atoms with Crippen LogP contribution in [0.4, 0.5) is 0 Å². The number of unbranched alkanes of at least 4 members (excludes halogenated alkanes) is 6. The van der Waals surface area contributed by atoms with Gasteiger partial charge in [0.05, 0.1) is 0 Å². The first-order valence-electron chi connectivity index (χ1n) is 8.90. The third kappa shape index (κ3) is 10.2. The molecule has 2 rings (SSSR count). The molecule has 0 spiro atoms. The van der Waals surface area contributed by atoms with Crippen LogP contribution >= 0.6 is 22.7 Å². The van der Waals surface area contributed by atoms with E-state index in [0.29, 0.717) is 0 Å². The molecule has 0 N–H and O–H groups in total. The summed E-state index contributed by atoms with van der Waals surface area (Å²) in [4.78, 5) is 1.54. The van der Waals surface area contributed by atoms with Gasteiger partial charge in [0.1, 0.15) is 0 Å². The average molecular weight is 337 g/mol. The lowest BCUT2D eigenvalue weighted by molar-refractivity contribution is 0.667. The normalized spacial score (nSPS) is 10.3. The minimum atomic E-state index is 1.28. The van der Waals surface area contributed by atoms with Gasteiger partial charge in [-0.3, -0.25) is 0 Å². The molecular weight excluding hydrogens is 304 g/mol. The molecule has 2 heteroatoms. The van der Waals surface area contributed by atoms with Crippen LogP contribution in [-0.2, 0) is 12.8 Å². The van der Waals surface area contributed by atoms with E-state index in [2.05, 4.69) is 48.2 Å². The SMILES string of the molecule is CCCCCCc1cccs1.CCCCCCc1ccsc1. The lowest BCUT2D eigenvalue weighted by atomic mass is 10.1. The van der Waals surface area contributed by atoms with Crippen molar-refractivity contribution in [2.24, 2.45) is 0 Å². The van der Waals surface area contributed by atoms with Gasteiger partial charge in [0.25, 0.3) is 0 Å². The Morgan fingerprint density at radius 2 is 1.50 bits per heavy atom. The lowest BCUT2D eigenvalue weighted by Gasteiger charge is -1.96. The topological polar surface area (TPSA) is 0 Å². The van der Waals surface area contributed by atoms with Gasteiger partial charge in [-0.15, -0.1) is 11.3 Å². The van der Waals surface area contributed by atoms with Crippen molar-refractivity contribution in [3.8, 4) is 0 Å². The third-order valence-corrected chi connectivity index (χ3v) is 5.42. The van der Waals surface area contributed by atoms with E-state index in [1.807, 2.05) is 11.3 Å². The lowest BCUT2D eigenvalue weighted by Crippen LogP contribution is -1.81. The molecule has 0 aliphatic rings. The molecule has 0 fully saturated rings. The van der Waals surface area contributed by atoms with Gasteiger partial charge in [-0.25, -0.2) is 0 Å². The van der Waals surface area contributed by atoms with Gasteiger partial charge in [0, 0.05) is 4.88 Å². The standard InChI is InChI=1S/2C10H16S/c1-2-3-4-5-7-10-8-6-9-11-10;1-2-3-4-5-6-10-7-8-11-9-10/h6,8-9H,2-5,7H2,1H3;7-9H,2-6H2,1H3. The molecule has 0 unspecified atom stereocenters. The van der Waals surface area contributed by atoms with Crippen molar-refractivity contribution in [3.63, 3.8) is 0 Å². The molecule has 124 valence electrons. The van der Waals surface area contributed by atoms with Crippen molar-refractivity contribution >= 4 is 22.7 Å². The highest BCUT2D eigenvalue weighted by molar-refractivity contribution is 7.09. The van der Waals surface area contributed by atoms with Crippen molar-refractivity contribution in [2.75, 3.05) is 0 Å². The predicted molar refractivity (Wildman–Crippen MR) is 104 cm³/mol. The minimum absolute atomic E-state index is 1.28. The van der Waals surface area contributed by atoms with Crippen molar-refractivity contribution in [1.29, 1.82) is 0 Å². The molecule has 0 amide bonds. The molecule has 0 nitrogen and oxygen atoms in total. The maximum absolute atomic E-state index is 2.26. The summed E-state index contributed by atoms with van der Waals surface area (Å²) in [7, 11) is 0. The van der Waals surface area contributed by atoms with Gasteiger partial charge >= 0.3 is 0 Å². The smallest absolute Gasteiger partial charge is 0.00452 e. The van der Waals surface area contributed by atoms with E-state index in [4.69, 9.17) is 0 Å². The molecule has 0 aliphatic carbocycles. The van der Waals surface area contributed by atoms with Gasteiger partial charge in [0.2, 0.25) is 0 Å². The summed E-state index contributed by atoms with van der Waals surface area (Å²) in [5.74, 6) is 0. The zero-order chi connectivity index (χ0) is 15.9. The second-order valence-corrected chi connectivity index (χ2v) is 7.64. The highest BCUT2D eigenvalue weighted by Crippen LogP contribution is 2.13. The molecule has 0 saturated heterocycles. The van der Waals surface area contributed by atoms with Gasteiger partial charge in [-0.05, 0) is 59.5 Å². The molecule has 0 atom stereocenters. The first-order valence-corrected chi connectivity index (χ1v) is 10.7. The molecule has 0 saturated carbocycles. The Bertz CT molecular complexity index is 372. The first kappa shape index (κ1) is 19.4. The van der Waals surface area contributed by atoms with E-state index in [9.17, 15) is 0 Å². The fourth-order valence-electron chi connectivity index (χ4n) is 2.37. The van der Waals surface area contributed by atoms with Crippen molar-refractivity contribution in [3.05, 3.63) is 44.8 Å². The summed E-state index contributed by atoms with van der Waals surface area (Å²) in [5, 5.41) is 6.58. The van der Waals surface area contributed by atoms with E-state index in [-0.39, 0.29) is 0 Å². The van der Waals surface area contributed by atoms with Crippen LogP contribution in [0.5, 0.6) is 0 Å². The Hall–Kier alpha value is -0.600. The molecule has 2 aromatic heterocycles. The third-order valence-electron chi connectivity index (χ3n) is 3.76.